The molecule has 0 aliphatic carbocycles. The molecule has 0 aromatic carbocycles. The van der Waals surface area contributed by atoms with Crippen LogP contribution in [0.5, 0.6) is 0 Å². The van der Waals surface area contributed by atoms with E-state index in [0.29, 0.717) is 22.8 Å². The summed E-state index contributed by atoms with van der Waals surface area (Å²) in [7, 11) is -3.47. The monoisotopic (exact) mass is 275 g/mol. The molecule has 0 bridgehead atoms. The van der Waals surface area contributed by atoms with Crippen LogP contribution in [0.15, 0.2) is 23.6 Å². The Balaban J connectivity index is 3.19. The third-order valence-corrected chi connectivity index (χ3v) is 5.61. The van der Waals surface area contributed by atoms with Gasteiger partial charge in [-0.25, -0.2) is 8.42 Å². The van der Waals surface area contributed by atoms with Gasteiger partial charge in [-0.05, 0) is 13.0 Å². The molecule has 0 aliphatic heterocycles. The fourth-order valence-corrected chi connectivity index (χ4v) is 4.42. The molecule has 4 nitrogen and oxygen atoms in total. The van der Waals surface area contributed by atoms with Crippen molar-refractivity contribution < 1.29 is 13.5 Å². The highest BCUT2D eigenvalue weighted by Gasteiger charge is 2.25. The first-order chi connectivity index (χ1) is 7.97. The van der Waals surface area contributed by atoms with Gasteiger partial charge >= 0.3 is 0 Å². The number of aliphatic hydroxyl groups excluding tert-OH is 1. The molecule has 0 fully saturated rings. The van der Waals surface area contributed by atoms with Crippen molar-refractivity contribution >= 4 is 21.4 Å². The minimum absolute atomic E-state index is 0.130. The van der Waals surface area contributed by atoms with Crippen LogP contribution in [0, 0.1) is 6.92 Å². The standard InChI is InChI=1S/C11H17NO3S2/c1-4-6-12(5-2)17(14,15)11-7-10(8-13)16-9(11)3/h4,7,13H,1,5-6,8H2,2-3H3. The number of likely N-dealkylation sites (N-methyl/N-ethyl adjacent to an activating group) is 1. The van der Waals surface area contributed by atoms with Gasteiger partial charge < -0.3 is 5.11 Å². The predicted molar refractivity (Wildman–Crippen MR) is 69.6 cm³/mol. The van der Waals surface area contributed by atoms with Crippen molar-refractivity contribution in [3.8, 4) is 0 Å². The van der Waals surface area contributed by atoms with Crippen molar-refractivity contribution in [1.29, 1.82) is 0 Å². The number of nitrogens with zero attached hydrogens (tertiary/aromatic N) is 1. The van der Waals surface area contributed by atoms with Gasteiger partial charge in [-0.15, -0.1) is 17.9 Å². The van der Waals surface area contributed by atoms with E-state index >= 15 is 0 Å². The Kier molecular flexibility index (Phi) is 4.88. The Morgan fingerprint density at radius 3 is 2.65 bits per heavy atom. The van der Waals surface area contributed by atoms with Crippen molar-refractivity contribution in [1.82, 2.24) is 4.31 Å². The lowest BCUT2D eigenvalue weighted by Crippen LogP contribution is -2.31. The minimum Gasteiger partial charge on any atom is -0.391 e. The van der Waals surface area contributed by atoms with Crippen LogP contribution < -0.4 is 0 Å². The first-order valence-electron chi connectivity index (χ1n) is 5.28. The molecule has 1 heterocycles. The molecule has 6 heteroatoms. The number of aliphatic hydroxyl groups is 1. The zero-order chi connectivity index (χ0) is 13.1. The zero-order valence-electron chi connectivity index (χ0n) is 10.0. The summed E-state index contributed by atoms with van der Waals surface area (Å²) in [5, 5.41) is 9.03. The summed E-state index contributed by atoms with van der Waals surface area (Å²) < 4.78 is 26.0. The lowest BCUT2D eigenvalue weighted by Gasteiger charge is -2.18. The molecule has 0 spiro atoms. The van der Waals surface area contributed by atoms with Gasteiger partial charge in [-0.2, -0.15) is 4.31 Å². The highest BCUT2D eigenvalue weighted by Crippen LogP contribution is 2.28. The van der Waals surface area contributed by atoms with Gasteiger partial charge in [0.25, 0.3) is 0 Å². The second-order valence-electron chi connectivity index (χ2n) is 3.54. The van der Waals surface area contributed by atoms with Crippen molar-refractivity contribution in [3.05, 3.63) is 28.5 Å². The quantitative estimate of drug-likeness (QED) is 0.805. The molecular formula is C11H17NO3S2. The van der Waals surface area contributed by atoms with Gasteiger partial charge in [0.2, 0.25) is 10.0 Å². The number of thiophene rings is 1. The van der Waals surface area contributed by atoms with Crippen LogP contribution in [-0.2, 0) is 16.6 Å². The molecule has 1 N–H and O–H groups in total. The van der Waals surface area contributed by atoms with Crippen molar-refractivity contribution in [3.63, 3.8) is 0 Å². The van der Waals surface area contributed by atoms with Crippen LogP contribution in [0.25, 0.3) is 0 Å². The van der Waals surface area contributed by atoms with Gasteiger partial charge in [-0.3, -0.25) is 0 Å². The average molecular weight is 275 g/mol. The Bertz CT molecular complexity index is 491. The third-order valence-electron chi connectivity index (χ3n) is 2.38. The topological polar surface area (TPSA) is 57.6 Å². The van der Waals surface area contributed by atoms with E-state index in [1.807, 2.05) is 0 Å². The number of aryl methyl sites for hydroxylation is 1. The Labute approximate surface area is 106 Å². The summed E-state index contributed by atoms with van der Waals surface area (Å²) in [6.07, 6.45) is 1.57. The second kappa shape index (κ2) is 5.77. The molecule has 0 saturated heterocycles. The van der Waals surface area contributed by atoms with Crippen molar-refractivity contribution in [2.45, 2.75) is 25.3 Å². The van der Waals surface area contributed by atoms with Crippen molar-refractivity contribution in [2.24, 2.45) is 0 Å². The molecule has 1 aromatic rings. The first kappa shape index (κ1) is 14.4. The maximum atomic E-state index is 12.3. The molecule has 0 saturated carbocycles. The van der Waals surface area contributed by atoms with E-state index in [4.69, 9.17) is 5.11 Å². The first-order valence-corrected chi connectivity index (χ1v) is 7.54. The van der Waals surface area contributed by atoms with Gasteiger partial charge in [0.15, 0.2) is 0 Å². The summed E-state index contributed by atoms with van der Waals surface area (Å²) >= 11 is 1.31. The smallest absolute Gasteiger partial charge is 0.244 e. The zero-order valence-corrected chi connectivity index (χ0v) is 11.6. The van der Waals surface area contributed by atoms with E-state index in [-0.39, 0.29) is 11.5 Å². The maximum absolute atomic E-state index is 12.3. The fourth-order valence-electron chi connectivity index (χ4n) is 1.54. The van der Waals surface area contributed by atoms with Crippen molar-refractivity contribution in [2.75, 3.05) is 13.1 Å². The van der Waals surface area contributed by atoms with Crippen LogP contribution in [0.4, 0.5) is 0 Å². The second-order valence-corrected chi connectivity index (χ2v) is 6.78. The molecule has 17 heavy (non-hydrogen) atoms. The summed E-state index contributed by atoms with van der Waals surface area (Å²) in [6.45, 7) is 7.66. The molecule has 0 amide bonds. The van der Waals surface area contributed by atoms with E-state index in [0.717, 1.165) is 0 Å². The Morgan fingerprint density at radius 2 is 2.24 bits per heavy atom. The van der Waals surface area contributed by atoms with Gasteiger partial charge in [-0.1, -0.05) is 13.0 Å². The molecule has 96 valence electrons. The molecule has 0 aliphatic rings. The lowest BCUT2D eigenvalue weighted by atomic mass is 10.4. The average Bonchev–Trinajstić information content (AvgIpc) is 2.67. The van der Waals surface area contributed by atoms with Gasteiger partial charge in [0.05, 0.1) is 11.5 Å². The van der Waals surface area contributed by atoms with Gasteiger partial charge in [0, 0.05) is 22.8 Å². The Morgan fingerprint density at radius 1 is 1.59 bits per heavy atom. The predicted octanol–water partition coefficient (Wildman–Crippen LogP) is 1.75. The summed E-state index contributed by atoms with van der Waals surface area (Å²) in [5.41, 5.74) is 0. The normalized spacial score (nSPS) is 12.0. The van der Waals surface area contributed by atoms with Crippen LogP contribution in [-0.4, -0.2) is 30.9 Å². The fraction of sp³-hybridized carbons (Fsp3) is 0.455. The van der Waals surface area contributed by atoms with E-state index in [1.54, 1.807) is 26.0 Å². The highest BCUT2D eigenvalue weighted by atomic mass is 32.2. The highest BCUT2D eigenvalue weighted by molar-refractivity contribution is 7.89. The summed E-state index contributed by atoms with van der Waals surface area (Å²) in [4.78, 5) is 1.66. The SMILES string of the molecule is C=CCN(CC)S(=O)(=O)c1cc(CO)sc1C. The van der Waals surface area contributed by atoms with E-state index in [2.05, 4.69) is 6.58 Å². The van der Waals surface area contributed by atoms with Crippen LogP contribution in [0.1, 0.15) is 16.7 Å². The van der Waals surface area contributed by atoms with Crippen LogP contribution >= 0.6 is 11.3 Å². The lowest BCUT2D eigenvalue weighted by molar-refractivity contribution is 0.285. The molecular weight excluding hydrogens is 258 g/mol. The van der Waals surface area contributed by atoms with E-state index < -0.39 is 10.0 Å². The number of hydrogen-bond acceptors (Lipinski definition) is 4. The van der Waals surface area contributed by atoms with E-state index in [9.17, 15) is 8.42 Å². The molecule has 0 radical (unpaired) electrons. The molecule has 0 unspecified atom stereocenters. The van der Waals surface area contributed by atoms with Gasteiger partial charge in [0.1, 0.15) is 0 Å². The third kappa shape index (κ3) is 2.95. The van der Waals surface area contributed by atoms with E-state index in [1.165, 1.54) is 15.6 Å². The largest absolute Gasteiger partial charge is 0.391 e. The number of sulfonamides is 1. The van der Waals surface area contributed by atoms with Crippen LogP contribution in [0.3, 0.4) is 0 Å². The molecule has 0 atom stereocenters. The summed E-state index contributed by atoms with van der Waals surface area (Å²) in [5.74, 6) is 0. The summed E-state index contributed by atoms with van der Waals surface area (Å²) in [6, 6.07) is 1.54. The van der Waals surface area contributed by atoms with Crippen LogP contribution in [0.2, 0.25) is 0 Å². The molecule has 1 rings (SSSR count). The Hall–Kier alpha value is -0.690. The maximum Gasteiger partial charge on any atom is 0.244 e. The minimum atomic E-state index is -3.47. The molecule has 1 aromatic heterocycles. The number of rotatable bonds is 6. The number of hydrogen-bond donors (Lipinski definition) is 1.